The average Bonchev–Trinajstić information content (AvgIpc) is 3.03. The van der Waals surface area contributed by atoms with Crippen LogP contribution in [0.3, 0.4) is 0 Å². The maximum absolute atomic E-state index is 12.3. The molecule has 0 radical (unpaired) electrons. The molecule has 2 heterocycles. The van der Waals surface area contributed by atoms with Crippen molar-refractivity contribution < 1.29 is 14.3 Å². The van der Waals surface area contributed by atoms with E-state index >= 15 is 0 Å². The summed E-state index contributed by atoms with van der Waals surface area (Å²) in [5, 5.41) is 16.0. The molecule has 1 aromatic heterocycles. The number of hydrogen-bond acceptors (Lipinski definition) is 6. The number of ether oxygens (including phenoxy) is 2. The number of rotatable bonds is 5. The second-order valence-corrected chi connectivity index (χ2v) is 7.23. The Kier molecular flexibility index (Phi) is 5.82. The largest absolute Gasteiger partial charge is 0.489 e. The average molecular weight is 434 g/mol. The molecule has 0 saturated heterocycles. The summed E-state index contributed by atoms with van der Waals surface area (Å²) < 4.78 is 11.3. The van der Waals surface area contributed by atoms with Crippen LogP contribution in [0.1, 0.15) is 12.0 Å². The van der Waals surface area contributed by atoms with Gasteiger partial charge in [0.15, 0.2) is 11.5 Å². The summed E-state index contributed by atoms with van der Waals surface area (Å²) in [6.45, 7) is 1.35. The fourth-order valence-corrected chi connectivity index (χ4v) is 3.21. The predicted octanol–water partition coefficient (Wildman–Crippen LogP) is 3.12. The van der Waals surface area contributed by atoms with E-state index in [0.717, 1.165) is 17.5 Å². The number of benzene rings is 2. The first-order valence-electron chi connectivity index (χ1n) is 8.97. The lowest BCUT2D eigenvalue weighted by Crippen LogP contribution is -2.28. The molecule has 8 nitrogen and oxygen atoms in total. The summed E-state index contributed by atoms with van der Waals surface area (Å²) >= 11 is 12.2. The lowest BCUT2D eigenvalue weighted by Gasteiger charge is -2.12. The van der Waals surface area contributed by atoms with Gasteiger partial charge >= 0.3 is 0 Å². The lowest BCUT2D eigenvalue weighted by molar-refractivity contribution is -0.122. The third kappa shape index (κ3) is 4.78. The van der Waals surface area contributed by atoms with Gasteiger partial charge in [0.25, 0.3) is 0 Å². The van der Waals surface area contributed by atoms with Crippen molar-refractivity contribution in [3.63, 3.8) is 0 Å². The van der Waals surface area contributed by atoms with Crippen molar-refractivity contribution in [3.8, 4) is 22.9 Å². The number of hydrogen-bond donors (Lipinski definition) is 1. The lowest BCUT2D eigenvalue weighted by atomic mass is 10.2. The normalized spacial score (nSPS) is 13.0. The van der Waals surface area contributed by atoms with E-state index in [4.69, 9.17) is 32.7 Å². The Morgan fingerprint density at radius 3 is 2.76 bits per heavy atom. The molecule has 1 amide bonds. The standard InChI is InChI=1S/C19H17Cl2N5O3/c20-14-4-2-13(3-5-14)19-23-25-26(24-19)11-17(27)22-10-12-8-15(21)18-16(9-12)28-6-1-7-29-18/h2-5,8-9H,1,6-7,10-11H2,(H,22,27). The maximum atomic E-state index is 12.3. The molecular formula is C19H17Cl2N5O3. The van der Waals surface area contributed by atoms with Gasteiger partial charge in [0, 0.05) is 23.6 Å². The van der Waals surface area contributed by atoms with Crippen LogP contribution >= 0.6 is 23.2 Å². The first kappa shape index (κ1) is 19.5. The van der Waals surface area contributed by atoms with Gasteiger partial charge in [-0.05, 0) is 47.2 Å². The van der Waals surface area contributed by atoms with Crippen molar-refractivity contribution in [3.05, 3.63) is 52.0 Å². The summed E-state index contributed by atoms with van der Waals surface area (Å²) in [7, 11) is 0. The molecule has 3 aromatic rings. The Bertz CT molecular complexity index is 1020. The van der Waals surface area contributed by atoms with Crippen molar-refractivity contribution in [2.75, 3.05) is 13.2 Å². The molecule has 150 valence electrons. The zero-order valence-corrected chi connectivity index (χ0v) is 16.8. The van der Waals surface area contributed by atoms with Crippen molar-refractivity contribution >= 4 is 29.1 Å². The third-order valence-corrected chi connectivity index (χ3v) is 4.72. The van der Waals surface area contributed by atoms with E-state index in [1.165, 1.54) is 4.80 Å². The highest BCUT2D eigenvalue weighted by molar-refractivity contribution is 6.32. The first-order chi connectivity index (χ1) is 14.1. The van der Waals surface area contributed by atoms with E-state index in [-0.39, 0.29) is 19.0 Å². The molecule has 0 unspecified atom stereocenters. The molecule has 1 aliphatic heterocycles. The monoisotopic (exact) mass is 433 g/mol. The van der Waals surface area contributed by atoms with Crippen LogP contribution in [0, 0.1) is 0 Å². The number of nitrogens with one attached hydrogen (secondary N) is 1. The van der Waals surface area contributed by atoms with Crippen LogP contribution < -0.4 is 14.8 Å². The van der Waals surface area contributed by atoms with Crippen LogP contribution in [-0.2, 0) is 17.9 Å². The van der Waals surface area contributed by atoms with Crippen LogP contribution in [0.15, 0.2) is 36.4 Å². The highest BCUT2D eigenvalue weighted by Gasteiger charge is 2.16. The molecule has 4 rings (SSSR count). The van der Waals surface area contributed by atoms with E-state index < -0.39 is 0 Å². The minimum absolute atomic E-state index is 0.0567. The van der Waals surface area contributed by atoms with Gasteiger partial charge in [-0.2, -0.15) is 4.80 Å². The summed E-state index contributed by atoms with van der Waals surface area (Å²) in [6, 6.07) is 10.6. The maximum Gasteiger partial charge on any atom is 0.243 e. The van der Waals surface area contributed by atoms with E-state index in [1.54, 1.807) is 30.3 Å². The van der Waals surface area contributed by atoms with E-state index in [2.05, 4.69) is 20.7 Å². The van der Waals surface area contributed by atoms with Gasteiger partial charge in [-0.3, -0.25) is 4.79 Å². The van der Waals surface area contributed by atoms with Crippen molar-refractivity contribution in [1.29, 1.82) is 0 Å². The number of tetrazole rings is 1. The SMILES string of the molecule is O=C(Cn1nnc(-c2ccc(Cl)cc2)n1)NCc1cc(Cl)c2c(c1)OCCCO2. The van der Waals surface area contributed by atoms with Gasteiger partial charge in [0.2, 0.25) is 11.7 Å². The molecular weight excluding hydrogens is 417 g/mol. The van der Waals surface area contributed by atoms with Crippen molar-refractivity contribution in [2.45, 2.75) is 19.5 Å². The van der Waals surface area contributed by atoms with E-state index in [1.807, 2.05) is 6.07 Å². The Balaban J connectivity index is 1.36. The molecule has 2 aromatic carbocycles. The summed E-state index contributed by atoms with van der Waals surface area (Å²) in [4.78, 5) is 13.5. The Hall–Kier alpha value is -2.84. The molecule has 29 heavy (non-hydrogen) atoms. The highest BCUT2D eigenvalue weighted by Crippen LogP contribution is 2.37. The molecule has 0 fully saturated rings. The van der Waals surface area contributed by atoms with Gasteiger partial charge in [-0.25, -0.2) is 0 Å². The van der Waals surface area contributed by atoms with Crippen LogP contribution in [0.4, 0.5) is 0 Å². The Morgan fingerprint density at radius 1 is 1.14 bits per heavy atom. The van der Waals surface area contributed by atoms with E-state index in [9.17, 15) is 4.79 Å². The van der Waals surface area contributed by atoms with Gasteiger partial charge in [-0.15, -0.1) is 10.2 Å². The van der Waals surface area contributed by atoms with Gasteiger partial charge in [0.1, 0.15) is 6.54 Å². The van der Waals surface area contributed by atoms with Crippen LogP contribution in [0.5, 0.6) is 11.5 Å². The summed E-state index contributed by atoms with van der Waals surface area (Å²) in [6.07, 6.45) is 0.792. The second kappa shape index (κ2) is 8.67. The number of nitrogens with zero attached hydrogens (tertiary/aromatic N) is 4. The molecule has 0 atom stereocenters. The quantitative estimate of drug-likeness (QED) is 0.664. The second-order valence-electron chi connectivity index (χ2n) is 6.38. The zero-order valence-electron chi connectivity index (χ0n) is 15.3. The number of halogens is 2. The highest BCUT2D eigenvalue weighted by atomic mass is 35.5. The predicted molar refractivity (Wildman–Crippen MR) is 107 cm³/mol. The molecule has 1 aliphatic rings. The molecule has 0 spiro atoms. The third-order valence-electron chi connectivity index (χ3n) is 4.19. The minimum atomic E-state index is -0.256. The van der Waals surface area contributed by atoms with Gasteiger partial charge in [0.05, 0.1) is 18.2 Å². The fraction of sp³-hybridized carbons (Fsp3) is 0.263. The molecule has 0 bridgehead atoms. The molecule has 1 N–H and O–H groups in total. The van der Waals surface area contributed by atoms with E-state index in [0.29, 0.717) is 40.6 Å². The van der Waals surface area contributed by atoms with Crippen molar-refractivity contribution in [1.82, 2.24) is 25.5 Å². The zero-order chi connectivity index (χ0) is 20.2. The minimum Gasteiger partial charge on any atom is -0.489 e. The number of carbonyl (C=O) groups excluding carboxylic acids is 1. The van der Waals surface area contributed by atoms with Crippen molar-refractivity contribution in [2.24, 2.45) is 0 Å². The Labute approximate surface area is 176 Å². The smallest absolute Gasteiger partial charge is 0.243 e. The number of carbonyl (C=O) groups is 1. The molecule has 10 heteroatoms. The van der Waals surface area contributed by atoms with Gasteiger partial charge < -0.3 is 14.8 Å². The summed E-state index contributed by atoms with van der Waals surface area (Å²) in [5.41, 5.74) is 1.57. The molecule has 0 aliphatic carbocycles. The Morgan fingerprint density at radius 2 is 1.93 bits per heavy atom. The topological polar surface area (TPSA) is 91.2 Å². The van der Waals surface area contributed by atoms with Crippen LogP contribution in [0.2, 0.25) is 10.0 Å². The van der Waals surface area contributed by atoms with Gasteiger partial charge in [-0.1, -0.05) is 23.2 Å². The van der Waals surface area contributed by atoms with Crippen LogP contribution in [-0.4, -0.2) is 39.3 Å². The number of amides is 1. The summed E-state index contributed by atoms with van der Waals surface area (Å²) in [5.74, 6) is 1.29. The van der Waals surface area contributed by atoms with Crippen LogP contribution in [0.25, 0.3) is 11.4 Å². The number of aromatic nitrogens is 4. The number of fused-ring (bicyclic) bond motifs is 1. The molecule has 0 saturated carbocycles. The fourth-order valence-electron chi connectivity index (χ4n) is 2.80. The first-order valence-corrected chi connectivity index (χ1v) is 9.72.